The first kappa shape index (κ1) is 15.7. The van der Waals surface area contributed by atoms with Crippen LogP contribution < -0.4 is 5.32 Å². The van der Waals surface area contributed by atoms with Gasteiger partial charge in [0, 0.05) is 13.0 Å². The van der Waals surface area contributed by atoms with Crippen molar-refractivity contribution in [2.24, 2.45) is 0 Å². The molecule has 0 aliphatic carbocycles. The minimum Gasteiger partial charge on any atom is -0.356 e. The van der Waals surface area contributed by atoms with Crippen molar-refractivity contribution in [3.05, 3.63) is 34.9 Å². The minimum atomic E-state index is 0.154. The summed E-state index contributed by atoms with van der Waals surface area (Å²) in [6.07, 6.45) is 2.41. The standard InChI is InChI=1S/C16H26N2O/c1-13-7-5-8-14(2)15(13)9-10-16(19)17-11-6-12-18(3)4/h5,7-8H,6,9-12H2,1-4H3,(H,17,19). The van der Waals surface area contributed by atoms with Crippen molar-refractivity contribution in [1.29, 1.82) is 0 Å². The zero-order valence-corrected chi connectivity index (χ0v) is 12.6. The van der Waals surface area contributed by atoms with Crippen LogP contribution in [0.4, 0.5) is 0 Å². The first-order chi connectivity index (χ1) is 9.00. The third kappa shape index (κ3) is 5.88. The molecule has 1 aromatic rings. The minimum absolute atomic E-state index is 0.154. The van der Waals surface area contributed by atoms with Gasteiger partial charge in [-0.1, -0.05) is 18.2 Å². The van der Waals surface area contributed by atoms with Crippen LogP contribution in [-0.2, 0) is 11.2 Å². The molecule has 0 radical (unpaired) electrons. The van der Waals surface area contributed by atoms with Crippen LogP contribution in [0, 0.1) is 13.8 Å². The molecule has 3 nitrogen and oxygen atoms in total. The first-order valence-corrected chi connectivity index (χ1v) is 6.97. The van der Waals surface area contributed by atoms with Gasteiger partial charge in [0.2, 0.25) is 5.91 Å². The molecule has 19 heavy (non-hydrogen) atoms. The maximum absolute atomic E-state index is 11.8. The van der Waals surface area contributed by atoms with E-state index in [9.17, 15) is 4.79 Å². The Labute approximate surface area is 117 Å². The highest BCUT2D eigenvalue weighted by Crippen LogP contribution is 2.15. The lowest BCUT2D eigenvalue weighted by Crippen LogP contribution is -2.27. The Kier molecular flexibility index (Phi) is 6.57. The molecule has 1 aromatic carbocycles. The van der Waals surface area contributed by atoms with E-state index in [1.165, 1.54) is 16.7 Å². The molecule has 1 rings (SSSR count). The van der Waals surface area contributed by atoms with Gasteiger partial charge in [-0.3, -0.25) is 4.79 Å². The maximum atomic E-state index is 11.8. The number of hydrogen-bond acceptors (Lipinski definition) is 2. The van der Waals surface area contributed by atoms with Gasteiger partial charge < -0.3 is 10.2 Å². The molecule has 0 fully saturated rings. The SMILES string of the molecule is Cc1cccc(C)c1CCC(=O)NCCCN(C)C. The van der Waals surface area contributed by atoms with Crippen LogP contribution in [-0.4, -0.2) is 38.0 Å². The predicted octanol–water partition coefficient (Wildman–Crippen LogP) is 2.30. The van der Waals surface area contributed by atoms with Crippen LogP contribution in [0.3, 0.4) is 0 Å². The van der Waals surface area contributed by atoms with Crippen molar-refractivity contribution in [2.45, 2.75) is 33.1 Å². The molecule has 0 bridgehead atoms. The number of nitrogens with one attached hydrogen (secondary N) is 1. The summed E-state index contributed by atoms with van der Waals surface area (Å²) in [5.41, 5.74) is 3.87. The summed E-state index contributed by atoms with van der Waals surface area (Å²) in [7, 11) is 4.09. The van der Waals surface area contributed by atoms with Gasteiger partial charge in [-0.25, -0.2) is 0 Å². The lowest BCUT2D eigenvalue weighted by Gasteiger charge is -2.11. The van der Waals surface area contributed by atoms with Gasteiger partial charge in [-0.05, 0) is 64.0 Å². The Morgan fingerprint density at radius 2 is 1.84 bits per heavy atom. The van der Waals surface area contributed by atoms with Crippen LogP contribution in [0.1, 0.15) is 29.5 Å². The molecule has 3 heteroatoms. The number of nitrogens with zero attached hydrogens (tertiary/aromatic N) is 1. The van der Waals surface area contributed by atoms with E-state index in [4.69, 9.17) is 0 Å². The number of carbonyl (C=O) groups is 1. The molecule has 1 amide bonds. The smallest absolute Gasteiger partial charge is 0.220 e. The van der Waals surface area contributed by atoms with Crippen molar-refractivity contribution in [1.82, 2.24) is 10.2 Å². The second kappa shape index (κ2) is 7.95. The molecule has 106 valence electrons. The molecular formula is C16H26N2O. The van der Waals surface area contributed by atoms with E-state index < -0.39 is 0 Å². The van der Waals surface area contributed by atoms with E-state index in [-0.39, 0.29) is 5.91 Å². The van der Waals surface area contributed by atoms with Gasteiger partial charge in [0.15, 0.2) is 0 Å². The lowest BCUT2D eigenvalue weighted by atomic mass is 9.98. The summed E-state index contributed by atoms with van der Waals surface area (Å²) in [4.78, 5) is 13.9. The molecule has 0 unspecified atom stereocenters. The molecule has 0 aromatic heterocycles. The second-order valence-corrected chi connectivity index (χ2v) is 5.38. The van der Waals surface area contributed by atoms with Crippen molar-refractivity contribution < 1.29 is 4.79 Å². The Hall–Kier alpha value is -1.35. The molecule has 0 saturated carbocycles. The zero-order valence-electron chi connectivity index (χ0n) is 12.6. The van der Waals surface area contributed by atoms with Crippen molar-refractivity contribution >= 4 is 5.91 Å². The molecule has 0 atom stereocenters. The Morgan fingerprint density at radius 3 is 2.42 bits per heavy atom. The molecule has 0 saturated heterocycles. The third-order valence-electron chi connectivity index (χ3n) is 3.35. The van der Waals surface area contributed by atoms with Gasteiger partial charge in [-0.2, -0.15) is 0 Å². The number of hydrogen-bond donors (Lipinski definition) is 1. The van der Waals surface area contributed by atoms with Gasteiger partial charge in [0.25, 0.3) is 0 Å². The summed E-state index contributed by atoms with van der Waals surface area (Å²) in [6.45, 7) is 6.00. The summed E-state index contributed by atoms with van der Waals surface area (Å²) in [5.74, 6) is 0.154. The van der Waals surface area contributed by atoms with Crippen molar-refractivity contribution in [3.63, 3.8) is 0 Å². The molecule has 0 aliphatic rings. The number of amides is 1. The third-order valence-corrected chi connectivity index (χ3v) is 3.35. The number of rotatable bonds is 7. The van der Waals surface area contributed by atoms with Crippen LogP contribution in [0.25, 0.3) is 0 Å². The van der Waals surface area contributed by atoms with E-state index in [0.717, 1.165) is 25.9 Å². The summed E-state index contributed by atoms with van der Waals surface area (Å²) in [5, 5.41) is 2.98. The number of aryl methyl sites for hydroxylation is 2. The fourth-order valence-corrected chi connectivity index (χ4v) is 2.19. The van der Waals surface area contributed by atoms with Crippen LogP contribution >= 0.6 is 0 Å². The number of carbonyl (C=O) groups excluding carboxylic acids is 1. The Balaban J connectivity index is 2.30. The quantitative estimate of drug-likeness (QED) is 0.765. The molecule has 0 spiro atoms. The Bertz CT molecular complexity index is 393. The second-order valence-electron chi connectivity index (χ2n) is 5.38. The molecular weight excluding hydrogens is 236 g/mol. The highest BCUT2D eigenvalue weighted by atomic mass is 16.1. The van der Waals surface area contributed by atoms with Crippen molar-refractivity contribution in [2.75, 3.05) is 27.2 Å². The Morgan fingerprint density at radius 1 is 1.21 bits per heavy atom. The fourth-order valence-electron chi connectivity index (χ4n) is 2.19. The molecule has 0 aliphatic heterocycles. The summed E-state index contributed by atoms with van der Waals surface area (Å²) >= 11 is 0. The van der Waals surface area contributed by atoms with E-state index in [2.05, 4.69) is 42.3 Å². The number of benzene rings is 1. The van der Waals surface area contributed by atoms with E-state index >= 15 is 0 Å². The van der Waals surface area contributed by atoms with Gasteiger partial charge in [0.05, 0.1) is 0 Å². The summed E-state index contributed by atoms with van der Waals surface area (Å²) in [6, 6.07) is 6.28. The molecule has 0 heterocycles. The lowest BCUT2D eigenvalue weighted by molar-refractivity contribution is -0.121. The fraction of sp³-hybridized carbons (Fsp3) is 0.562. The summed E-state index contributed by atoms with van der Waals surface area (Å²) < 4.78 is 0. The van der Waals surface area contributed by atoms with Crippen LogP contribution in [0.2, 0.25) is 0 Å². The zero-order chi connectivity index (χ0) is 14.3. The average molecular weight is 262 g/mol. The van der Waals surface area contributed by atoms with Crippen molar-refractivity contribution in [3.8, 4) is 0 Å². The normalized spacial score (nSPS) is 10.8. The van der Waals surface area contributed by atoms with E-state index in [1.54, 1.807) is 0 Å². The largest absolute Gasteiger partial charge is 0.356 e. The highest BCUT2D eigenvalue weighted by Gasteiger charge is 2.06. The van der Waals surface area contributed by atoms with Gasteiger partial charge in [-0.15, -0.1) is 0 Å². The van der Waals surface area contributed by atoms with Gasteiger partial charge >= 0.3 is 0 Å². The van der Waals surface area contributed by atoms with Crippen LogP contribution in [0.5, 0.6) is 0 Å². The van der Waals surface area contributed by atoms with Crippen LogP contribution in [0.15, 0.2) is 18.2 Å². The van der Waals surface area contributed by atoms with E-state index in [1.807, 2.05) is 14.1 Å². The maximum Gasteiger partial charge on any atom is 0.220 e. The molecule has 1 N–H and O–H groups in total. The van der Waals surface area contributed by atoms with E-state index in [0.29, 0.717) is 6.42 Å². The first-order valence-electron chi connectivity index (χ1n) is 6.97. The van der Waals surface area contributed by atoms with Gasteiger partial charge in [0.1, 0.15) is 0 Å². The average Bonchev–Trinajstić information content (AvgIpc) is 2.34. The monoisotopic (exact) mass is 262 g/mol. The topological polar surface area (TPSA) is 32.3 Å². The highest BCUT2D eigenvalue weighted by molar-refractivity contribution is 5.76. The predicted molar refractivity (Wildman–Crippen MR) is 80.4 cm³/mol.